The van der Waals surface area contributed by atoms with E-state index in [2.05, 4.69) is 4.42 Å². The van der Waals surface area contributed by atoms with Crippen LogP contribution in [0, 0.1) is 11.3 Å². The van der Waals surface area contributed by atoms with Crippen molar-refractivity contribution >= 4 is 11.0 Å². The third kappa shape index (κ3) is 1.78. The van der Waals surface area contributed by atoms with Gasteiger partial charge >= 0.3 is 11.8 Å². The van der Waals surface area contributed by atoms with Gasteiger partial charge in [-0.3, -0.25) is 0 Å². The summed E-state index contributed by atoms with van der Waals surface area (Å²) < 4.78 is 43.1. The number of halogens is 3. The Labute approximate surface area is 97.5 Å². The van der Waals surface area contributed by atoms with Crippen LogP contribution < -0.4 is 5.63 Å². The number of benzene rings is 1. The second-order valence-electron chi connectivity index (χ2n) is 3.43. The highest BCUT2D eigenvalue weighted by atomic mass is 19.4. The SMILES string of the molecule is N#Cc1c(C(F)(F)F)c2ccc(O)cc2oc1=O. The van der Waals surface area contributed by atoms with Crippen molar-refractivity contribution in [1.82, 2.24) is 0 Å². The average molecular weight is 255 g/mol. The van der Waals surface area contributed by atoms with Crippen LogP contribution >= 0.6 is 0 Å². The topological polar surface area (TPSA) is 74.2 Å². The van der Waals surface area contributed by atoms with Crippen LogP contribution in [0.15, 0.2) is 27.4 Å². The van der Waals surface area contributed by atoms with Crippen molar-refractivity contribution in [3.63, 3.8) is 0 Å². The minimum absolute atomic E-state index is 0.344. The molecule has 1 aromatic heterocycles. The van der Waals surface area contributed by atoms with Gasteiger partial charge in [-0.05, 0) is 12.1 Å². The van der Waals surface area contributed by atoms with E-state index in [0.29, 0.717) is 0 Å². The van der Waals surface area contributed by atoms with Crippen molar-refractivity contribution in [3.05, 3.63) is 39.7 Å². The van der Waals surface area contributed by atoms with Gasteiger partial charge in [0.05, 0.1) is 5.56 Å². The number of nitriles is 1. The fourth-order valence-corrected chi connectivity index (χ4v) is 1.59. The molecule has 0 saturated carbocycles. The Bertz CT molecular complexity index is 725. The van der Waals surface area contributed by atoms with Crippen LogP contribution in [0.1, 0.15) is 11.1 Å². The van der Waals surface area contributed by atoms with Crippen LogP contribution in [0.3, 0.4) is 0 Å². The van der Waals surface area contributed by atoms with Crippen molar-refractivity contribution in [3.8, 4) is 11.8 Å². The molecule has 2 aromatic rings. The van der Waals surface area contributed by atoms with Gasteiger partial charge in [0.2, 0.25) is 0 Å². The zero-order valence-corrected chi connectivity index (χ0v) is 8.58. The van der Waals surface area contributed by atoms with Crippen molar-refractivity contribution in [2.75, 3.05) is 0 Å². The summed E-state index contributed by atoms with van der Waals surface area (Å²) in [5.41, 5.74) is -4.26. The molecule has 7 heteroatoms. The first-order valence-electron chi connectivity index (χ1n) is 4.61. The van der Waals surface area contributed by atoms with E-state index < -0.39 is 33.9 Å². The van der Waals surface area contributed by atoms with Crippen molar-refractivity contribution in [2.24, 2.45) is 0 Å². The van der Waals surface area contributed by atoms with E-state index in [0.717, 1.165) is 18.2 Å². The van der Waals surface area contributed by atoms with E-state index in [1.807, 2.05) is 0 Å². The molecular formula is C11H4F3NO3. The monoisotopic (exact) mass is 255 g/mol. The van der Waals surface area contributed by atoms with Gasteiger partial charge in [-0.2, -0.15) is 18.4 Å². The molecule has 0 fully saturated rings. The van der Waals surface area contributed by atoms with E-state index in [1.54, 1.807) is 0 Å². The first-order valence-corrected chi connectivity index (χ1v) is 4.61. The third-order valence-corrected chi connectivity index (χ3v) is 2.29. The number of hydrogen-bond acceptors (Lipinski definition) is 4. The maximum Gasteiger partial charge on any atom is 0.418 e. The largest absolute Gasteiger partial charge is 0.508 e. The van der Waals surface area contributed by atoms with Gasteiger partial charge in [0.25, 0.3) is 0 Å². The lowest BCUT2D eigenvalue weighted by Crippen LogP contribution is -2.16. The summed E-state index contributed by atoms with van der Waals surface area (Å²) in [5, 5.41) is 17.3. The van der Waals surface area contributed by atoms with Gasteiger partial charge in [0, 0.05) is 11.5 Å². The predicted octanol–water partition coefficient (Wildman–Crippen LogP) is 2.39. The highest BCUT2D eigenvalue weighted by molar-refractivity contribution is 5.83. The molecule has 18 heavy (non-hydrogen) atoms. The van der Waals surface area contributed by atoms with Gasteiger partial charge in [0.1, 0.15) is 17.4 Å². The lowest BCUT2D eigenvalue weighted by Gasteiger charge is -2.10. The molecule has 0 spiro atoms. The van der Waals surface area contributed by atoms with Crippen LogP contribution in [-0.4, -0.2) is 5.11 Å². The maximum atomic E-state index is 12.9. The molecule has 0 aliphatic heterocycles. The van der Waals surface area contributed by atoms with Gasteiger partial charge < -0.3 is 9.52 Å². The summed E-state index contributed by atoms with van der Waals surface area (Å²) in [6.45, 7) is 0. The minimum Gasteiger partial charge on any atom is -0.508 e. The Morgan fingerprint density at radius 3 is 2.56 bits per heavy atom. The quantitative estimate of drug-likeness (QED) is 0.733. The van der Waals surface area contributed by atoms with Gasteiger partial charge in [-0.25, -0.2) is 4.79 Å². The minimum atomic E-state index is -4.86. The first kappa shape index (κ1) is 12.0. The summed E-state index contributed by atoms with van der Waals surface area (Å²) in [6, 6.07) is 4.02. The molecule has 0 unspecified atom stereocenters. The van der Waals surface area contributed by atoms with Crippen LogP contribution in [0.25, 0.3) is 11.0 Å². The number of rotatable bonds is 0. The van der Waals surface area contributed by atoms with E-state index in [9.17, 15) is 18.0 Å². The number of hydrogen-bond donors (Lipinski definition) is 1. The molecule has 0 atom stereocenters. The fourth-order valence-electron chi connectivity index (χ4n) is 1.59. The number of alkyl halides is 3. The van der Waals surface area contributed by atoms with E-state index >= 15 is 0 Å². The Morgan fingerprint density at radius 2 is 2.00 bits per heavy atom. The van der Waals surface area contributed by atoms with Crippen molar-refractivity contribution in [1.29, 1.82) is 5.26 Å². The smallest absolute Gasteiger partial charge is 0.418 e. The molecule has 4 nitrogen and oxygen atoms in total. The molecule has 0 bridgehead atoms. The molecule has 92 valence electrons. The molecule has 0 saturated heterocycles. The molecule has 0 radical (unpaired) electrons. The molecule has 2 rings (SSSR count). The summed E-state index contributed by atoms with van der Waals surface area (Å²) in [4.78, 5) is 11.3. The lowest BCUT2D eigenvalue weighted by atomic mass is 10.0. The van der Waals surface area contributed by atoms with Gasteiger partial charge in [-0.1, -0.05) is 0 Å². The Morgan fingerprint density at radius 1 is 1.33 bits per heavy atom. The second kappa shape index (κ2) is 3.77. The standard InChI is InChI=1S/C11H4F3NO3/c12-11(13,14)9-6-2-1-5(16)3-8(6)18-10(17)7(9)4-15/h1-3,16H. The summed E-state index contributed by atoms with van der Waals surface area (Å²) in [7, 11) is 0. The second-order valence-corrected chi connectivity index (χ2v) is 3.43. The summed E-state index contributed by atoms with van der Waals surface area (Å²) in [5.74, 6) is -0.344. The number of nitrogens with zero attached hydrogens (tertiary/aromatic N) is 1. The molecule has 0 amide bonds. The molecule has 1 heterocycles. The molecule has 1 aromatic carbocycles. The normalized spacial score (nSPS) is 11.4. The Balaban J connectivity index is 3.04. The Hall–Kier alpha value is -2.49. The van der Waals surface area contributed by atoms with E-state index in [1.165, 1.54) is 6.07 Å². The summed E-state index contributed by atoms with van der Waals surface area (Å²) in [6.07, 6.45) is -4.86. The first-order chi connectivity index (χ1) is 8.34. The van der Waals surface area contributed by atoms with Gasteiger partial charge in [0.15, 0.2) is 5.56 Å². The third-order valence-electron chi connectivity index (χ3n) is 2.29. The number of phenolic OH excluding ortho intramolecular Hbond substituents is 1. The van der Waals surface area contributed by atoms with Crippen LogP contribution in [0.4, 0.5) is 13.2 Å². The Kier molecular flexibility index (Phi) is 2.51. The number of fused-ring (bicyclic) bond motifs is 1. The average Bonchev–Trinajstić information content (AvgIpc) is 2.25. The zero-order chi connectivity index (χ0) is 13.5. The van der Waals surface area contributed by atoms with Gasteiger partial charge in [-0.15, -0.1) is 0 Å². The van der Waals surface area contributed by atoms with Crippen LogP contribution in [-0.2, 0) is 6.18 Å². The van der Waals surface area contributed by atoms with E-state index in [-0.39, 0.29) is 5.75 Å². The lowest BCUT2D eigenvalue weighted by molar-refractivity contribution is -0.136. The van der Waals surface area contributed by atoms with Crippen LogP contribution in [0.2, 0.25) is 0 Å². The van der Waals surface area contributed by atoms with Crippen molar-refractivity contribution in [2.45, 2.75) is 6.18 Å². The molecule has 0 aliphatic carbocycles. The maximum absolute atomic E-state index is 12.9. The van der Waals surface area contributed by atoms with Crippen LogP contribution in [0.5, 0.6) is 5.75 Å². The highest BCUT2D eigenvalue weighted by Gasteiger charge is 2.38. The number of phenols is 1. The molecule has 1 N–H and O–H groups in total. The zero-order valence-electron chi connectivity index (χ0n) is 8.58. The van der Waals surface area contributed by atoms with E-state index in [4.69, 9.17) is 10.4 Å². The number of aromatic hydroxyl groups is 1. The molecule has 0 aliphatic rings. The summed E-state index contributed by atoms with van der Waals surface area (Å²) >= 11 is 0. The molecular weight excluding hydrogens is 251 g/mol. The predicted molar refractivity (Wildman–Crippen MR) is 53.9 cm³/mol. The fraction of sp³-hybridized carbons (Fsp3) is 0.0909. The van der Waals surface area contributed by atoms with Crippen molar-refractivity contribution < 1.29 is 22.7 Å². The highest BCUT2D eigenvalue weighted by Crippen LogP contribution is 2.36.